The highest BCUT2D eigenvalue weighted by molar-refractivity contribution is 8.59. The van der Waals surface area contributed by atoms with E-state index in [0.29, 0.717) is 17.4 Å². The van der Waals surface area contributed by atoms with Crippen molar-refractivity contribution in [2.24, 2.45) is 0 Å². The zero-order valence-electron chi connectivity index (χ0n) is 20.6. The van der Waals surface area contributed by atoms with Crippen molar-refractivity contribution in [3.05, 3.63) is 48.3 Å². The molecule has 2 aliphatic rings. The molecule has 1 aliphatic heterocycles. The zero-order chi connectivity index (χ0) is 24.5. The fraction of sp³-hybridized carbons (Fsp3) is 0.462. The molecule has 0 radical (unpaired) electrons. The number of rotatable bonds is 5. The third-order valence-electron chi connectivity index (χ3n) is 6.37. The maximum Gasteiger partial charge on any atom is 0.162 e. The predicted octanol–water partition coefficient (Wildman–Crippen LogP) is 6.03. The number of nitrogens with zero attached hydrogens (tertiary/aromatic N) is 4. The molecule has 8 heteroatoms. The summed E-state index contributed by atoms with van der Waals surface area (Å²) in [7, 11) is 3.34. The van der Waals surface area contributed by atoms with Crippen molar-refractivity contribution in [3.63, 3.8) is 0 Å². The molecule has 1 aromatic heterocycles. The lowest BCUT2D eigenvalue weighted by atomic mass is 9.85. The average Bonchev–Trinajstić information content (AvgIpc) is 2.89. The summed E-state index contributed by atoms with van der Waals surface area (Å²) in [5.41, 5.74) is 2.22. The van der Waals surface area contributed by atoms with Gasteiger partial charge in [0.25, 0.3) is 0 Å². The number of aromatic nitrogens is 2. The van der Waals surface area contributed by atoms with Gasteiger partial charge in [-0.3, -0.25) is 0 Å². The Balaban J connectivity index is 0.000000771. The summed E-state index contributed by atoms with van der Waals surface area (Å²) in [6.07, 6.45) is 3.63. The molecule has 0 bridgehead atoms. The number of hydrogen-bond acceptors (Lipinski definition) is 8. The van der Waals surface area contributed by atoms with Gasteiger partial charge in [0.1, 0.15) is 11.6 Å². The van der Waals surface area contributed by atoms with Crippen LogP contribution in [0.3, 0.4) is 0 Å². The van der Waals surface area contributed by atoms with Crippen molar-refractivity contribution in [1.29, 1.82) is 0 Å². The number of ether oxygens (including phenoxy) is 2. The van der Waals surface area contributed by atoms with Crippen molar-refractivity contribution in [2.45, 2.75) is 39.0 Å². The van der Waals surface area contributed by atoms with Gasteiger partial charge in [-0.25, -0.2) is 9.97 Å². The predicted molar refractivity (Wildman–Crippen MR) is 149 cm³/mol. The monoisotopic (exact) mass is 500 g/mol. The van der Waals surface area contributed by atoms with E-state index in [0.717, 1.165) is 48.7 Å². The third-order valence-corrected chi connectivity index (χ3v) is 6.37. The molecule has 0 amide bonds. The van der Waals surface area contributed by atoms with Crippen LogP contribution in [0.4, 0.5) is 11.5 Å². The molecular weight excluding hydrogens is 464 g/mol. The van der Waals surface area contributed by atoms with Crippen LogP contribution in [0.2, 0.25) is 0 Å². The fourth-order valence-corrected chi connectivity index (χ4v) is 4.36. The number of anilines is 2. The quantitative estimate of drug-likeness (QED) is 0.330. The average molecular weight is 501 g/mol. The van der Waals surface area contributed by atoms with E-state index >= 15 is 0 Å². The van der Waals surface area contributed by atoms with E-state index in [2.05, 4.69) is 63.5 Å². The Labute approximate surface area is 213 Å². The van der Waals surface area contributed by atoms with Crippen LogP contribution in [-0.2, 0) is 0 Å². The van der Waals surface area contributed by atoms with Gasteiger partial charge in [0, 0.05) is 49.2 Å². The zero-order valence-corrected chi connectivity index (χ0v) is 22.4. The number of hydrogen-bond donors (Lipinski definition) is 2. The highest BCUT2D eigenvalue weighted by atomic mass is 33.1. The molecule has 184 valence electrons. The first kappa shape index (κ1) is 26.3. The van der Waals surface area contributed by atoms with E-state index in [1.165, 1.54) is 24.9 Å². The van der Waals surface area contributed by atoms with Crippen LogP contribution < -0.4 is 19.3 Å². The number of fused-ring (bicyclic) bond motifs is 1. The van der Waals surface area contributed by atoms with Gasteiger partial charge in [-0.1, -0.05) is 38.5 Å². The first-order valence-corrected chi connectivity index (χ1v) is 13.6. The van der Waals surface area contributed by atoms with Crippen LogP contribution in [-0.4, -0.2) is 50.4 Å². The third kappa shape index (κ3) is 5.66. The fourth-order valence-electron chi connectivity index (χ4n) is 4.36. The molecule has 0 unspecified atom stereocenters. The number of benzene rings is 2. The van der Waals surface area contributed by atoms with Gasteiger partial charge in [-0.05, 0) is 31.0 Å². The Morgan fingerprint density at radius 2 is 1.41 bits per heavy atom. The van der Waals surface area contributed by atoms with E-state index in [1.807, 2.05) is 26.0 Å². The lowest BCUT2D eigenvalue weighted by Gasteiger charge is -2.37. The Bertz CT molecular complexity index is 1040. The standard InChI is InChI=1S/C24H28N4O2.C2H6.H2S2/c1-29-21-15-19-20(16-22(21)30-2)25-23(17-7-6-8-17)26-24(19)28-13-11-27(12-14-28)18-9-4-3-5-10-18;2*1-2/h3-5,9-10,15-17H,6-8,11-14H2,1-2H3;1-2H3;1-2H. The molecule has 0 N–H and O–H groups in total. The Hall–Kier alpha value is -2.32. The lowest BCUT2D eigenvalue weighted by Crippen LogP contribution is -2.47. The van der Waals surface area contributed by atoms with Crippen molar-refractivity contribution >= 4 is 45.7 Å². The second kappa shape index (κ2) is 13.0. The van der Waals surface area contributed by atoms with Gasteiger partial charge in [-0.2, -0.15) is 0 Å². The molecule has 2 fully saturated rings. The van der Waals surface area contributed by atoms with Gasteiger partial charge in [0.2, 0.25) is 0 Å². The second-order valence-corrected chi connectivity index (χ2v) is 8.07. The van der Waals surface area contributed by atoms with Crippen LogP contribution in [0.15, 0.2) is 42.5 Å². The first-order valence-electron chi connectivity index (χ1n) is 12.0. The molecule has 1 aliphatic carbocycles. The van der Waals surface area contributed by atoms with E-state index in [9.17, 15) is 0 Å². The summed E-state index contributed by atoms with van der Waals surface area (Å²) >= 11 is 6.44. The molecule has 0 spiro atoms. The van der Waals surface area contributed by atoms with Crippen molar-refractivity contribution in [2.75, 3.05) is 50.2 Å². The topological polar surface area (TPSA) is 50.7 Å². The minimum atomic E-state index is 0.479. The minimum Gasteiger partial charge on any atom is -0.493 e. The van der Waals surface area contributed by atoms with Crippen LogP contribution in [0.5, 0.6) is 11.5 Å². The van der Waals surface area contributed by atoms with Gasteiger partial charge in [-0.15, -0.1) is 23.3 Å². The highest BCUT2D eigenvalue weighted by Crippen LogP contribution is 2.39. The molecule has 34 heavy (non-hydrogen) atoms. The Morgan fingerprint density at radius 3 is 1.97 bits per heavy atom. The molecule has 6 nitrogen and oxygen atoms in total. The second-order valence-electron chi connectivity index (χ2n) is 8.07. The summed E-state index contributed by atoms with van der Waals surface area (Å²) in [5.74, 6) is 3.90. The number of piperazine rings is 1. The summed E-state index contributed by atoms with van der Waals surface area (Å²) in [5, 5.41) is 1.03. The summed E-state index contributed by atoms with van der Waals surface area (Å²) in [6.45, 7) is 7.81. The van der Waals surface area contributed by atoms with Gasteiger partial charge in [0.15, 0.2) is 11.5 Å². The Morgan fingerprint density at radius 1 is 0.824 bits per heavy atom. The van der Waals surface area contributed by atoms with Gasteiger partial charge in [0.05, 0.1) is 19.7 Å². The smallest absolute Gasteiger partial charge is 0.162 e. The van der Waals surface area contributed by atoms with Crippen LogP contribution >= 0.6 is 23.3 Å². The molecule has 1 saturated carbocycles. The van der Waals surface area contributed by atoms with E-state index < -0.39 is 0 Å². The molecule has 5 rings (SSSR count). The SMILES string of the molecule is CC.COc1cc2nc(C3CCC3)nc(N3CCN(c4ccccc4)CC3)c2cc1OC.SS. The van der Waals surface area contributed by atoms with E-state index in [1.54, 1.807) is 14.2 Å². The first-order chi connectivity index (χ1) is 16.8. The molecule has 3 aromatic rings. The highest BCUT2D eigenvalue weighted by Gasteiger charge is 2.27. The number of methoxy groups -OCH3 is 2. The normalized spacial score (nSPS) is 15.5. The van der Waals surface area contributed by atoms with Crippen LogP contribution in [0, 0.1) is 0 Å². The van der Waals surface area contributed by atoms with Crippen molar-refractivity contribution < 1.29 is 9.47 Å². The van der Waals surface area contributed by atoms with E-state index in [4.69, 9.17) is 19.4 Å². The largest absolute Gasteiger partial charge is 0.493 e. The van der Waals surface area contributed by atoms with Crippen LogP contribution in [0.1, 0.15) is 44.9 Å². The summed E-state index contributed by atoms with van der Waals surface area (Å²) in [4.78, 5) is 14.8. The molecule has 2 heterocycles. The summed E-state index contributed by atoms with van der Waals surface area (Å²) < 4.78 is 11.1. The maximum atomic E-state index is 5.56. The molecule has 2 aromatic carbocycles. The summed E-state index contributed by atoms with van der Waals surface area (Å²) in [6, 6.07) is 14.6. The molecular formula is C26H36N4O2S2. The van der Waals surface area contributed by atoms with Crippen molar-refractivity contribution in [3.8, 4) is 11.5 Å². The maximum absolute atomic E-state index is 5.56. The lowest BCUT2D eigenvalue weighted by molar-refractivity contribution is 0.355. The molecule has 0 atom stereocenters. The van der Waals surface area contributed by atoms with Gasteiger partial charge < -0.3 is 19.3 Å². The van der Waals surface area contributed by atoms with Crippen molar-refractivity contribution in [1.82, 2.24) is 9.97 Å². The van der Waals surface area contributed by atoms with Gasteiger partial charge >= 0.3 is 0 Å². The van der Waals surface area contributed by atoms with E-state index in [-0.39, 0.29) is 0 Å². The number of thiol groups is 2. The molecule has 1 saturated heterocycles. The number of para-hydroxylation sites is 1. The minimum absolute atomic E-state index is 0.479. The Kier molecular flexibility index (Phi) is 10.0. The van der Waals surface area contributed by atoms with Crippen LogP contribution in [0.25, 0.3) is 10.9 Å².